The number of nitrogens with one attached hydrogen (secondary N) is 1. The number of amides is 2. The number of anilines is 1. The Balaban J connectivity index is 1.82. The van der Waals surface area contributed by atoms with E-state index < -0.39 is 40.5 Å². The summed E-state index contributed by atoms with van der Waals surface area (Å²) in [7, 11) is 1.38. The van der Waals surface area contributed by atoms with E-state index in [-0.39, 0.29) is 35.2 Å². The van der Waals surface area contributed by atoms with Crippen LogP contribution in [-0.2, 0) is 23.8 Å². The van der Waals surface area contributed by atoms with Gasteiger partial charge in [-0.05, 0) is 67.5 Å². The molecule has 1 spiro atoms. The second-order valence-electron chi connectivity index (χ2n) is 8.79. The molecule has 4 rings (SSSR count). The number of hydrogen-bond donors (Lipinski definition) is 1. The topological polar surface area (TPSA) is 76.4 Å². The molecule has 0 saturated carbocycles. The molecule has 1 heterocycles. The highest BCUT2D eigenvalue weighted by molar-refractivity contribution is 7.80. The lowest BCUT2D eigenvalue weighted by Crippen LogP contribution is -2.53. The van der Waals surface area contributed by atoms with Gasteiger partial charge in [0.15, 0.2) is 5.11 Å². The molecular weight excluding hydrogens is 484 g/mol. The third kappa shape index (κ3) is 3.72. The van der Waals surface area contributed by atoms with Crippen molar-refractivity contribution < 1.29 is 27.2 Å². The average molecular weight is 505 g/mol. The predicted molar refractivity (Wildman–Crippen MR) is 123 cm³/mol. The standard InChI is InChI=1S/C24H20F4N4O2S/c1-12(2)32-22(35)31(16-5-4-13(11-29)18(8-16)24(26,27)28)21(34)23(32)9-14-6-17(20(33)30-3)19(25)7-15(14)10-23/h4-8,12H,9-10H2,1-3H3,(H,30,33). The minimum Gasteiger partial charge on any atom is -0.355 e. The molecule has 0 aromatic heterocycles. The Labute approximate surface area is 204 Å². The summed E-state index contributed by atoms with van der Waals surface area (Å²) in [6.07, 6.45) is -4.63. The zero-order valence-corrected chi connectivity index (χ0v) is 19.8. The zero-order valence-electron chi connectivity index (χ0n) is 19.0. The molecule has 2 aromatic carbocycles. The first kappa shape index (κ1) is 24.6. The van der Waals surface area contributed by atoms with Gasteiger partial charge in [-0.2, -0.15) is 18.4 Å². The van der Waals surface area contributed by atoms with E-state index in [1.165, 1.54) is 31.3 Å². The molecule has 1 atom stereocenters. The third-order valence-corrected chi connectivity index (χ3v) is 6.77. The van der Waals surface area contributed by atoms with E-state index in [1.807, 2.05) is 0 Å². The predicted octanol–water partition coefficient (Wildman–Crippen LogP) is 3.96. The molecule has 2 aromatic rings. The van der Waals surface area contributed by atoms with Gasteiger partial charge in [-0.25, -0.2) is 4.39 Å². The smallest absolute Gasteiger partial charge is 0.355 e. The van der Waals surface area contributed by atoms with Gasteiger partial charge in [0.25, 0.3) is 11.8 Å². The molecule has 1 aliphatic carbocycles. The Morgan fingerprint density at radius 3 is 2.37 bits per heavy atom. The SMILES string of the molecule is CNC(=O)c1cc2c(cc1F)CC1(C2)C(=O)N(c2ccc(C#N)c(C(F)(F)F)c2)C(=S)N1C(C)C. The van der Waals surface area contributed by atoms with Crippen LogP contribution in [0.2, 0.25) is 0 Å². The Bertz CT molecular complexity index is 1320. The number of fused-ring (bicyclic) bond motifs is 1. The van der Waals surface area contributed by atoms with Crippen molar-refractivity contribution in [3.05, 3.63) is 64.0 Å². The fourth-order valence-electron chi connectivity index (χ4n) is 4.95. The van der Waals surface area contributed by atoms with Crippen LogP contribution in [0.3, 0.4) is 0 Å². The highest BCUT2D eigenvalue weighted by atomic mass is 32.1. The molecule has 2 amide bonds. The minimum atomic E-state index is -4.81. The van der Waals surface area contributed by atoms with Crippen LogP contribution in [0.15, 0.2) is 30.3 Å². The Morgan fingerprint density at radius 2 is 1.83 bits per heavy atom. The number of hydrogen-bond acceptors (Lipinski definition) is 4. The molecule has 2 aliphatic rings. The minimum absolute atomic E-state index is 0.0163. The van der Waals surface area contributed by atoms with Crippen LogP contribution in [0.25, 0.3) is 0 Å². The van der Waals surface area contributed by atoms with Gasteiger partial charge in [-0.3, -0.25) is 14.5 Å². The number of halogens is 4. The van der Waals surface area contributed by atoms with Crippen LogP contribution >= 0.6 is 12.2 Å². The van der Waals surface area contributed by atoms with Gasteiger partial charge < -0.3 is 10.2 Å². The summed E-state index contributed by atoms with van der Waals surface area (Å²) >= 11 is 5.57. The summed E-state index contributed by atoms with van der Waals surface area (Å²) in [4.78, 5) is 28.7. The molecule has 182 valence electrons. The van der Waals surface area contributed by atoms with E-state index in [9.17, 15) is 27.2 Å². The van der Waals surface area contributed by atoms with Crippen molar-refractivity contribution in [1.29, 1.82) is 5.26 Å². The number of nitriles is 1. The summed E-state index contributed by atoms with van der Waals surface area (Å²) in [6, 6.07) is 6.83. The van der Waals surface area contributed by atoms with Crippen LogP contribution in [-0.4, -0.2) is 40.5 Å². The van der Waals surface area contributed by atoms with Crippen LogP contribution in [0.4, 0.5) is 23.2 Å². The summed E-state index contributed by atoms with van der Waals surface area (Å²) in [5.41, 5.74) is -2.18. The Hall–Kier alpha value is -3.52. The molecule has 1 N–H and O–H groups in total. The van der Waals surface area contributed by atoms with Gasteiger partial charge in [0.2, 0.25) is 0 Å². The summed E-state index contributed by atoms with van der Waals surface area (Å²) in [5, 5.41) is 11.5. The first-order valence-electron chi connectivity index (χ1n) is 10.7. The van der Waals surface area contributed by atoms with Crippen LogP contribution in [0.1, 0.15) is 46.5 Å². The number of alkyl halides is 3. The zero-order chi connectivity index (χ0) is 25.9. The monoisotopic (exact) mass is 504 g/mol. The molecule has 0 radical (unpaired) electrons. The maximum absolute atomic E-state index is 14.6. The van der Waals surface area contributed by atoms with Crippen molar-refractivity contribution in [2.24, 2.45) is 0 Å². The third-order valence-electron chi connectivity index (χ3n) is 6.39. The fraction of sp³-hybridized carbons (Fsp3) is 0.333. The van der Waals surface area contributed by atoms with E-state index in [0.717, 1.165) is 17.0 Å². The molecule has 1 aliphatic heterocycles. The van der Waals surface area contributed by atoms with Crippen molar-refractivity contribution in [1.82, 2.24) is 10.2 Å². The molecule has 1 saturated heterocycles. The van der Waals surface area contributed by atoms with Crippen LogP contribution in [0.5, 0.6) is 0 Å². The molecule has 0 bridgehead atoms. The second kappa shape index (κ2) is 8.30. The maximum atomic E-state index is 14.6. The largest absolute Gasteiger partial charge is 0.417 e. The van der Waals surface area contributed by atoms with E-state index in [2.05, 4.69) is 5.32 Å². The van der Waals surface area contributed by atoms with Crippen molar-refractivity contribution in [3.8, 4) is 6.07 Å². The van der Waals surface area contributed by atoms with Crippen molar-refractivity contribution in [2.45, 2.75) is 44.4 Å². The molecule has 35 heavy (non-hydrogen) atoms. The van der Waals surface area contributed by atoms with Gasteiger partial charge >= 0.3 is 6.18 Å². The van der Waals surface area contributed by atoms with Gasteiger partial charge in [0.05, 0.1) is 28.4 Å². The van der Waals surface area contributed by atoms with E-state index in [1.54, 1.807) is 18.7 Å². The quantitative estimate of drug-likeness (QED) is 0.506. The van der Waals surface area contributed by atoms with Crippen molar-refractivity contribution >= 4 is 34.8 Å². The number of nitrogens with zero attached hydrogens (tertiary/aromatic N) is 3. The number of thiocarbonyl (C=S) groups is 1. The van der Waals surface area contributed by atoms with Gasteiger partial charge in [0.1, 0.15) is 11.4 Å². The first-order chi connectivity index (χ1) is 16.4. The van der Waals surface area contributed by atoms with Crippen LogP contribution < -0.4 is 10.2 Å². The molecule has 6 nitrogen and oxygen atoms in total. The number of carbonyl (C=O) groups is 2. The lowest BCUT2D eigenvalue weighted by atomic mass is 9.92. The Morgan fingerprint density at radius 1 is 1.20 bits per heavy atom. The van der Waals surface area contributed by atoms with Crippen molar-refractivity contribution in [3.63, 3.8) is 0 Å². The van der Waals surface area contributed by atoms with Gasteiger partial charge in [-0.15, -0.1) is 0 Å². The molecule has 1 unspecified atom stereocenters. The number of carbonyl (C=O) groups excluding carboxylic acids is 2. The van der Waals surface area contributed by atoms with Crippen molar-refractivity contribution in [2.75, 3.05) is 11.9 Å². The lowest BCUT2D eigenvalue weighted by molar-refractivity contribution is -0.137. The first-order valence-corrected chi connectivity index (χ1v) is 11.1. The second-order valence-corrected chi connectivity index (χ2v) is 9.16. The van der Waals surface area contributed by atoms with Gasteiger partial charge in [0, 0.05) is 25.9 Å². The van der Waals surface area contributed by atoms with E-state index in [0.29, 0.717) is 11.1 Å². The highest BCUT2D eigenvalue weighted by Gasteiger charge is 2.59. The van der Waals surface area contributed by atoms with E-state index in [4.69, 9.17) is 17.5 Å². The van der Waals surface area contributed by atoms with E-state index >= 15 is 0 Å². The fourth-order valence-corrected chi connectivity index (χ4v) is 5.52. The summed E-state index contributed by atoms with van der Waals surface area (Å²) in [5.74, 6) is -1.89. The molecule has 1 fully saturated rings. The summed E-state index contributed by atoms with van der Waals surface area (Å²) < 4.78 is 55.4. The van der Waals surface area contributed by atoms with Crippen LogP contribution in [0, 0.1) is 17.1 Å². The number of benzene rings is 2. The molecule has 11 heteroatoms. The highest BCUT2D eigenvalue weighted by Crippen LogP contribution is 2.45. The maximum Gasteiger partial charge on any atom is 0.417 e. The normalized spacial score (nSPS) is 19.5. The summed E-state index contributed by atoms with van der Waals surface area (Å²) in [6.45, 7) is 3.59. The number of rotatable bonds is 3. The average Bonchev–Trinajstić information content (AvgIpc) is 3.25. The lowest BCUT2D eigenvalue weighted by Gasteiger charge is -2.36. The van der Waals surface area contributed by atoms with Gasteiger partial charge in [-0.1, -0.05) is 0 Å². The molecular formula is C24H20F4N4O2S. The Kier molecular flexibility index (Phi) is 5.84.